The van der Waals surface area contributed by atoms with Crippen molar-refractivity contribution in [1.29, 1.82) is 0 Å². The second-order valence-electron chi connectivity index (χ2n) is 7.96. The summed E-state index contributed by atoms with van der Waals surface area (Å²) in [6, 6.07) is 10.4. The fraction of sp³-hybridized carbons (Fsp3) is 0.261. The Morgan fingerprint density at radius 2 is 1.88 bits per heavy atom. The first kappa shape index (κ1) is 20.8. The summed E-state index contributed by atoms with van der Waals surface area (Å²) < 4.78 is 14.9. The monoisotopic (exact) mass is 446 g/mol. The van der Waals surface area contributed by atoms with Crippen LogP contribution >= 0.6 is 0 Å². The molecule has 1 saturated carbocycles. The third-order valence-corrected chi connectivity index (χ3v) is 5.57. The van der Waals surface area contributed by atoms with Gasteiger partial charge < -0.3 is 16.0 Å². The molecule has 0 spiro atoms. The molecule has 0 radical (unpaired) electrons. The first-order valence-corrected chi connectivity index (χ1v) is 10.9. The molecule has 0 unspecified atom stereocenters. The number of halogens is 1. The number of imidazole rings is 1. The largest absolute Gasteiger partial charge is 0.366 e. The van der Waals surface area contributed by atoms with Crippen molar-refractivity contribution in [2.45, 2.75) is 38.1 Å². The Bertz CT molecular complexity index is 1270. The van der Waals surface area contributed by atoms with Crippen LogP contribution in [0.4, 0.5) is 27.4 Å². The zero-order valence-corrected chi connectivity index (χ0v) is 17.8. The van der Waals surface area contributed by atoms with Crippen LogP contribution < -0.4 is 16.0 Å². The number of carbonyl (C=O) groups excluding carboxylic acids is 1. The highest BCUT2D eigenvalue weighted by molar-refractivity contribution is 6.03. The van der Waals surface area contributed by atoms with Crippen molar-refractivity contribution < 1.29 is 9.18 Å². The number of fused-ring (bicyclic) bond motifs is 1. The van der Waals surface area contributed by atoms with Crippen molar-refractivity contribution in [3.63, 3.8) is 0 Å². The first-order valence-electron chi connectivity index (χ1n) is 10.9. The molecule has 4 aromatic rings. The average molecular weight is 446 g/mol. The van der Waals surface area contributed by atoms with Gasteiger partial charge in [0.2, 0.25) is 5.95 Å². The van der Waals surface area contributed by atoms with Crippen LogP contribution in [-0.4, -0.2) is 36.5 Å². The standard InChI is InChI=1S/C23H23FN8O/c24-19-12-16(9-11-25-19)29-23(33)18-14-27-22-17(30-20-8-4-5-10-26-20)13-21(31-32(18)22)28-15-6-2-1-3-7-15/h4-5,8-15H,1-3,6-7H2,(H,26,30)(H,28,31)(H,25,29,33). The van der Waals surface area contributed by atoms with Crippen LogP contribution in [-0.2, 0) is 0 Å². The van der Waals surface area contributed by atoms with Crippen LogP contribution in [0.15, 0.2) is 55.0 Å². The molecule has 0 atom stereocenters. The smallest absolute Gasteiger partial charge is 0.276 e. The van der Waals surface area contributed by atoms with Crippen LogP contribution in [0.2, 0.25) is 0 Å². The number of nitrogens with zero attached hydrogens (tertiary/aromatic N) is 5. The van der Waals surface area contributed by atoms with E-state index in [0.29, 0.717) is 34.7 Å². The Morgan fingerprint density at radius 1 is 1.00 bits per heavy atom. The van der Waals surface area contributed by atoms with Gasteiger partial charge in [0, 0.05) is 36.3 Å². The quantitative estimate of drug-likeness (QED) is 0.377. The summed E-state index contributed by atoms with van der Waals surface area (Å²) >= 11 is 0. The molecule has 1 aliphatic carbocycles. The number of anilines is 4. The van der Waals surface area contributed by atoms with Crippen molar-refractivity contribution in [2.24, 2.45) is 0 Å². The topological polar surface area (TPSA) is 109 Å². The van der Waals surface area contributed by atoms with Crippen LogP contribution in [0, 0.1) is 5.95 Å². The predicted molar refractivity (Wildman–Crippen MR) is 123 cm³/mol. The van der Waals surface area contributed by atoms with Gasteiger partial charge in [0.05, 0.1) is 11.9 Å². The van der Waals surface area contributed by atoms with E-state index in [0.717, 1.165) is 18.9 Å². The molecule has 9 nitrogen and oxygen atoms in total. The Morgan fingerprint density at radius 3 is 2.67 bits per heavy atom. The maximum Gasteiger partial charge on any atom is 0.276 e. The molecule has 1 aliphatic rings. The van der Waals surface area contributed by atoms with E-state index >= 15 is 0 Å². The lowest BCUT2D eigenvalue weighted by Gasteiger charge is -2.23. The normalized spacial score (nSPS) is 14.2. The fourth-order valence-electron chi connectivity index (χ4n) is 3.99. The highest BCUT2D eigenvalue weighted by Crippen LogP contribution is 2.26. The number of rotatable bonds is 6. The number of nitrogens with one attached hydrogen (secondary N) is 3. The number of carbonyl (C=O) groups is 1. The van der Waals surface area contributed by atoms with E-state index in [4.69, 9.17) is 0 Å². The molecule has 168 valence electrons. The lowest BCUT2D eigenvalue weighted by atomic mass is 9.95. The predicted octanol–water partition coefficient (Wildman–Crippen LogP) is 4.40. The molecule has 3 N–H and O–H groups in total. The van der Waals surface area contributed by atoms with E-state index < -0.39 is 11.9 Å². The van der Waals surface area contributed by atoms with Gasteiger partial charge >= 0.3 is 0 Å². The Hall–Kier alpha value is -4.08. The van der Waals surface area contributed by atoms with Crippen LogP contribution in [0.1, 0.15) is 42.6 Å². The number of pyridine rings is 2. The summed E-state index contributed by atoms with van der Waals surface area (Å²) in [5.41, 5.74) is 1.65. The molecular weight excluding hydrogens is 423 g/mol. The maximum absolute atomic E-state index is 13.4. The number of hydrogen-bond acceptors (Lipinski definition) is 7. The summed E-state index contributed by atoms with van der Waals surface area (Å²) in [5, 5.41) is 14.1. The van der Waals surface area contributed by atoms with Crippen molar-refractivity contribution >= 4 is 34.6 Å². The van der Waals surface area contributed by atoms with Crippen molar-refractivity contribution in [1.82, 2.24) is 24.6 Å². The molecule has 0 aliphatic heterocycles. The summed E-state index contributed by atoms with van der Waals surface area (Å²) in [6.07, 6.45) is 10.2. The highest BCUT2D eigenvalue weighted by Gasteiger charge is 2.20. The zero-order valence-electron chi connectivity index (χ0n) is 17.8. The van der Waals surface area contributed by atoms with Gasteiger partial charge in [0.25, 0.3) is 5.91 Å². The van der Waals surface area contributed by atoms with Gasteiger partial charge in [0.1, 0.15) is 11.6 Å². The second-order valence-corrected chi connectivity index (χ2v) is 7.96. The van der Waals surface area contributed by atoms with E-state index in [2.05, 4.69) is 36.0 Å². The lowest BCUT2D eigenvalue weighted by molar-refractivity contribution is 0.102. The van der Waals surface area contributed by atoms with Crippen LogP contribution in [0.25, 0.3) is 5.65 Å². The van der Waals surface area contributed by atoms with E-state index in [-0.39, 0.29) is 5.69 Å². The fourth-order valence-corrected chi connectivity index (χ4v) is 3.99. The van der Waals surface area contributed by atoms with Gasteiger partial charge in [-0.15, -0.1) is 5.10 Å². The van der Waals surface area contributed by atoms with E-state index in [1.165, 1.54) is 42.2 Å². The number of aromatic nitrogens is 5. The van der Waals surface area contributed by atoms with E-state index in [1.54, 1.807) is 6.20 Å². The van der Waals surface area contributed by atoms with E-state index in [1.807, 2.05) is 24.3 Å². The average Bonchev–Trinajstić information content (AvgIpc) is 3.25. The minimum atomic E-state index is -0.676. The molecule has 1 fully saturated rings. The van der Waals surface area contributed by atoms with Gasteiger partial charge in [-0.3, -0.25) is 4.79 Å². The molecule has 0 saturated heterocycles. The number of hydrogen-bond donors (Lipinski definition) is 3. The molecule has 10 heteroatoms. The molecule has 33 heavy (non-hydrogen) atoms. The Labute approximate surface area is 189 Å². The van der Waals surface area contributed by atoms with E-state index in [9.17, 15) is 9.18 Å². The summed E-state index contributed by atoms with van der Waals surface area (Å²) in [5.74, 6) is 0.148. The Balaban J connectivity index is 1.51. The minimum Gasteiger partial charge on any atom is -0.366 e. The number of amides is 1. The Kier molecular flexibility index (Phi) is 5.79. The SMILES string of the molecule is O=C(Nc1ccnc(F)c1)c1cnc2c(Nc3ccccn3)cc(NC3CCCCC3)nn12. The third kappa shape index (κ3) is 4.74. The van der Waals surface area contributed by atoms with Crippen molar-refractivity contribution in [3.05, 3.63) is 66.6 Å². The van der Waals surface area contributed by atoms with Crippen LogP contribution in [0.3, 0.4) is 0 Å². The van der Waals surface area contributed by atoms with Gasteiger partial charge in [0.15, 0.2) is 11.3 Å². The third-order valence-electron chi connectivity index (χ3n) is 5.57. The molecule has 1 amide bonds. The van der Waals surface area contributed by atoms with Gasteiger partial charge in [-0.25, -0.2) is 19.5 Å². The lowest BCUT2D eigenvalue weighted by Crippen LogP contribution is -2.24. The molecule has 0 bridgehead atoms. The van der Waals surface area contributed by atoms with Gasteiger partial charge in [-0.05, 0) is 31.0 Å². The molecular formula is C23H23FN8O. The first-order chi connectivity index (χ1) is 16.2. The minimum absolute atomic E-state index is 0.221. The summed E-state index contributed by atoms with van der Waals surface area (Å²) in [6.45, 7) is 0. The summed E-state index contributed by atoms with van der Waals surface area (Å²) in [4.78, 5) is 25.2. The molecule has 4 heterocycles. The zero-order chi connectivity index (χ0) is 22.6. The molecule has 4 aromatic heterocycles. The molecule has 5 rings (SSSR count). The second kappa shape index (κ2) is 9.19. The van der Waals surface area contributed by atoms with Gasteiger partial charge in [-0.2, -0.15) is 4.39 Å². The summed E-state index contributed by atoms with van der Waals surface area (Å²) in [7, 11) is 0. The molecule has 0 aromatic carbocycles. The van der Waals surface area contributed by atoms with Crippen molar-refractivity contribution in [3.8, 4) is 0 Å². The highest BCUT2D eigenvalue weighted by atomic mass is 19.1. The van der Waals surface area contributed by atoms with Crippen LogP contribution in [0.5, 0.6) is 0 Å². The van der Waals surface area contributed by atoms with Gasteiger partial charge in [-0.1, -0.05) is 25.3 Å². The maximum atomic E-state index is 13.4. The van der Waals surface area contributed by atoms with Crippen molar-refractivity contribution in [2.75, 3.05) is 16.0 Å².